The predicted octanol–water partition coefficient (Wildman–Crippen LogP) is 2.68. The summed E-state index contributed by atoms with van der Waals surface area (Å²) in [6.07, 6.45) is 5.07. The van der Waals surface area contributed by atoms with Gasteiger partial charge in [0.25, 0.3) is 0 Å². The second-order valence-electron chi connectivity index (χ2n) is 8.81. The quantitative estimate of drug-likeness (QED) is 0.328. The first-order chi connectivity index (χ1) is 16.2. The van der Waals surface area contributed by atoms with Gasteiger partial charge in [-0.25, -0.2) is 0 Å². The van der Waals surface area contributed by atoms with Gasteiger partial charge in [-0.3, -0.25) is 0 Å². The van der Waals surface area contributed by atoms with Crippen LogP contribution in [0, 0.1) is 0 Å². The van der Waals surface area contributed by atoms with Crippen molar-refractivity contribution in [3.8, 4) is 0 Å². The molecule has 35 heavy (non-hydrogen) atoms. The van der Waals surface area contributed by atoms with E-state index in [2.05, 4.69) is 119 Å². The van der Waals surface area contributed by atoms with Crippen LogP contribution >= 0.6 is 27.7 Å². The molecule has 5 heteroatoms. The zero-order chi connectivity index (χ0) is 21.9. The van der Waals surface area contributed by atoms with Gasteiger partial charge in [0.15, 0.2) is 0 Å². The molecule has 7 rings (SSSR count). The van der Waals surface area contributed by atoms with Crippen LogP contribution in [0.5, 0.6) is 0 Å². The van der Waals surface area contributed by atoms with Crippen molar-refractivity contribution in [2.75, 3.05) is 0 Å². The van der Waals surface area contributed by atoms with E-state index in [0.29, 0.717) is 11.8 Å². The summed E-state index contributed by atoms with van der Waals surface area (Å²) in [5, 5.41) is 0. The van der Waals surface area contributed by atoms with E-state index in [0.717, 1.165) is 4.47 Å². The van der Waals surface area contributed by atoms with Gasteiger partial charge in [-0.1, -0.05) is 0 Å². The van der Waals surface area contributed by atoms with Gasteiger partial charge < -0.3 is 24.8 Å². The molecule has 0 saturated carbocycles. The van der Waals surface area contributed by atoms with Crippen LogP contribution in [0.25, 0.3) is 12.2 Å². The van der Waals surface area contributed by atoms with E-state index in [-0.39, 0.29) is 24.8 Å². The summed E-state index contributed by atoms with van der Waals surface area (Å²) in [6.45, 7) is 0. The van der Waals surface area contributed by atoms with Crippen LogP contribution in [0.15, 0.2) is 112 Å². The van der Waals surface area contributed by atoms with Crippen molar-refractivity contribution in [3.63, 3.8) is 0 Å². The van der Waals surface area contributed by atoms with Gasteiger partial charge in [0.2, 0.25) is 0 Å². The number of fused-ring (bicyclic) bond motifs is 4. The molecule has 3 aliphatic rings. The van der Waals surface area contributed by atoms with Crippen LogP contribution in [0.3, 0.4) is 0 Å². The van der Waals surface area contributed by atoms with Gasteiger partial charge in [0.1, 0.15) is 0 Å². The maximum atomic E-state index is 3.72. The van der Waals surface area contributed by atoms with Gasteiger partial charge in [0, 0.05) is 0 Å². The number of hydrogen-bond donors (Lipinski definition) is 0. The van der Waals surface area contributed by atoms with Crippen molar-refractivity contribution in [2.45, 2.75) is 21.6 Å². The third-order valence-electron chi connectivity index (χ3n) is 6.84. The molecular formula is C30H19BrCl2SZr. The molecule has 4 aromatic carbocycles. The van der Waals surface area contributed by atoms with Gasteiger partial charge in [-0.2, -0.15) is 0 Å². The fraction of sp³-hybridized carbons (Fsp3) is 0.0667. The largest absolute Gasteiger partial charge is 1.00 e. The van der Waals surface area contributed by atoms with Crippen LogP contribution in [0.2, 0.25) is 0 Å². The standard InChI is InChI=1S/C15H10Br.C15H9S.2ClH.Zr/c16-13-8-6-12-7-9-14(15(12)10-13)11-4-2-1-3-5-11;1-3-10-9-11(4-1)16-15-6-2-5-13-12(10)7-8-14(13)15;;;/h1-8,10,14H;1-6,8-9,12H;2*1H;/q;;;;+2/p-2. The molecule has 1 aliphatic heterocycles. The molecule has 170 valence electrons. The van der Waals surface area contributed by atoms with Crippen molar-refractivity contribution in [3.05, 3.63) is 135 Å². The first-order valence-corrected chi connectivity index (χ1v) is 15.3. The maximum absolute atomic E-state index is 3.72. The van der Waals surface area contributed by atoms with E-state index in [9.17, 15) is 0 Å². The summed E-state index contributed by atoms with van der Waals surface area (Å²) in [7, 11) is 0. The Morgan fingerprint density at radius 2 is 1.40 bits per heavy atom. The molecule has 0 N–H and O–H groups in total. The molecule has 6 bridgehead atoms. The molecule has 4 aromatic rings. The summed E-state index contributed by atoms with van der Waals surface area (Å²) >= 11 is 4.61. The maximum Gasteiger partial charge on any atom is -1.00 e. The van der Waals surface area contributed by atoms with Crippen LogP contribution in [0.1, 0.15) is 45.2 Å². The first kappa shape index (κ1) is 25.3. The fourth-order valence-corrected chi connectivity index (χ4v) is 11.1. The predicted molar refractivity (Wildman–Crippen MR) is 137 cm³/mol. The molecule has 2 unspecified atom stereocenters. The molecule has 0 spiro atoms. The Labute approximate surface area is 242 Å². The number of rotatable bonds is 3. The number of benzene rings is 4. The van der Waals surface area contributed by atoms with Crippen molar-refractivity contribution >= 4 is 39.8 Å². The van der Waals surface area contributed by atoms with Crippen molar-refractivity contribution in [1.82, 2.24) is 0 Å². The van der Waals surface area contributed by atoms with Gasteiger partial charge >= 0.3 is 220 Å². The Morgan fingerprint density at radius 1 is 0.657 bits per heavy atom. The fourth-order valence-electron chi connectivity index (χ4n) is 5.44. The Hall–Kier alpha value is -1.35. The summed E-state index contributed by atoms with van der Waals surface area (Å²) in [4.78, 5) is 2.76. The van der Waals surface area contributed by atoms with Crippen molar-refractivity contribution in [2.24, 2.45) is 0 Å². The van der Waals surface area contributed by atoms with Gasteiger partial charge in [-0.15, -0.1) is 0 Å². The molecule has 0 amide bonds. The molecule has 0 fully saturated rings. The van der Waals surface area contributed by atoms with Gasteiger partial charge in [-0.05, 0) is 0 Å². The van der Waals surface area contributed by atoms with E-state index >= 15 is 0 Å². The average molecular weight is 654 g/mol. The number of hydrogen-bond acceptors (Lipinski definition) is 1. The molecule has 0 aromatic heterocycles. The zero-order valence-electron chi connectivity index (χ0n) is 18.5. The minimum atomic E-state index is -1.02. The molecule has 2 aliphatic carbocycles. The normalized spacial score (nSPS) is 18.1. The van der Waals surface area contributed by atoms with E-state index in [1.165, 1.54) is 43.2 Å². The summed E-state index contributed by atoms with van der Waals surface area (Å²) in [5.41, 5.74) is 8.67. The van der Waals surface area contributed by atoms with E-state index in [4.69, 9.17) is 0 Å². The topological polar surface area (TPSA) is 0 Å². The summed E-state index contributed by atoms with van der Waals surface area (Å²) in [6, 6.07) is 34.0. The van der Waals surface area contributed by atoms with Gasteiger partial charge in [0.05, 0.1) is 0 Å². The molecule has 1 heterocycles. The third-order valence-corrected chi connectivity index (χ3v) is 12.0. The van der Waals surface area contributed by atoms with Crippen LogP contribution in [-0.2, 0) is 23.2 Å². The zero-order valence-corrected chi connectivity index (χ0v) is 24.9. The van der Waals surface area contributed by atoms with Crippen LogP contribution < -0.4 is 24.8 Å². The number of allylic oxidation sites excluding steroid dienone is 2. The minimum absolute atomic E-state index is 0. The van der Waals surface area contributed by atoms with E-state index in [1.54, 1.807) is 6.56 Å². The second-order valence-corrected chi connectivity index (χ2v) is 14.3. The Morgan fingerprint density at radius 3 is 2.26 bits per heavy atom. The monoisotopic (exact) mass is 650 g/mol. The van der Waals surface area contributed by atoms with Crippen LogP contribution in [-0.4, -0.2) is 0 Å². The molecule has 0 nitrogen and oxygen atoms in total. The first-order valence-electron chi connectivity index (χ1n) is 11.2. The number of halogens is 3. The smallest absolute Gasteiger partial charge is 1.00 e. The Bertz CT molecular complexity index is 1500. The van der Waals surface area contributed by atoms with E-state index < -0.39 is 23.2 Å². The van der Waals surface area contributed by atoms with Crippen molar-refractivity contribution in [1.29, 1.82) is 0 Å². The Kier molecular flexibility index (Phi) is 7.37. The third kappa shape index (κ3) is 4.38. The molecule has 0 radical (unpaired) electrons. The molecule has 2 atom stereocenters. The Balaban J connectivity index is 0.00000127. The van der Waals surface area contributed by atoms with Crippen LogP contribution in [0.4, 0.5) is 0 Å². The minimum Gasteiger partial charge on any atom is -1.00 e. The summed E-state index contributed by atoms with van der Waals surface area (Å²) < 4.78 is 4.50. The van der Waals surface area contributed by atoms with E-state index in [1.807, 2.05) is 11.8 Å². The average Bonchev–Trinajstić information content (AvgIpc) is 3.38. The molecular weight excluding hydrogens is 634 g/mol. The molecule has 0 saturated heterocycles. The summed E-state index contributed by atoms with van der Waals surface area (Å²) in [5.74, 6) is 0.793. The van der Waals surface area contributed by atoms with Crippen molar-refractivity contribution < 1.29 is 48.0 Å². The SMILES string of the molecule is Brc1ccc2c(c1)C(c1ccccc1)[C]([Zr+2][C]1=Cc3c4cccc3C1c1cccc(c1)S4)=C2.[Cl-].[Cl-]. The second kappa shape index (κ2) is 10.2.